The molecular formula is C61H45N3. The van der Waals surface area contributed by atoms with Gasteiger partial charge in [0.15, 0.2) is 0 Å². The SMILES string of the molecule is [2H]c1c([2H])c(N(c2ccccc2)c2ccccc2)c([2H])c([2H])c1-c1ccc2cc(N(c3ccc4c(c3)C(C)(C)c3ccccc3-4)c3ccc4c5ccccc5n(-c5ccccc5)c4c3)ccc2c1. The second-order valence-electron chi connectivity index (χ2n) is 17.1. The lowest BCUT2D eigenvalue weighted by molar-refractivity contribution is 0.660. The quantitative estimate of drug-likeness (QED) is 0.151. The molecule has 1 aliphatic carbocycles. The summed E-state index contributed by atoms with van der Waals surface area (Å²) in [6, 6.07) is 72.7. The van der Waals surface area contributed by atoms with E-state index in [2.05, 4.69) is 157 Å². The van der Waals surface area contributed by atoms with Crippen LogP contribution in [0.1, 0.15) is 30.5 Å². The standard InChI is InChI=1S/C61H45N3/c1-61(2)57-24-14-12-22-53(57)54-36-34-51(40-58(54)61)63(52-35-37-56-55-23-13-15-25-59(55)64(60(56)41-52)48-20-10-5-11-21-48)50-33-30-44-38-43(26-27-45(44)39-50)42-28-31-49(32-29-42)62(46-16-6-3-7-17-46)47-18-8-4-9-19-47/h3-41H,1-2H3/i28D,29D,31D,32D. The second kappa shape index (κ2) is 15.0. The minimum atomic E-state index is -0.193. The fourth-order valence-corrected chi connectivity index (χ4v) is 9.88. The Morgan fingerprint density at radius 2 is 0.922 bits per heavy atom. The minimum Gasteiger partial charge on any atom is -0.311 e. The third kappa shape index (κ3) is 6.20. The Labute approximate surface area is 380 Å². The molecule has 3 nitrogen and oxygen atoms in total. The van der Waals surface area contributed by atoms with E-state index >= 15 is 0 Å². The topological polar surface area (TPSA) is 11.4 Å². The fourth-order valence-electron chi connectivity index (χ4n) is 9.88. The van der Waals surface area contributed by atoms with Crippen molar-refractivity contribution in [1.29, 1.82) is 0 Å². The van der Waals surface area contributed by atoms with Crippen LogP contribution in [0, 0.1) is 0 Å². The first-order valence-electron chi connectivity index (χ1n) is 23.9. The largest absolute Gasteiger partial charge is 0.311 e. The molecule has 1 aliphatic rings. The lowest BCUT2D eigenvalue weighted by Gasteiger charge is -2.28. The van der Waals surface area contributed by atoms with Crippen LogP contribution in [0.2, 0.25) is 0 Å². The number of para-hydroxylation sites is 4. The van der Waals surface area contributed by atoms with E-state index in [9.17, 15) is 5.48 Å². The molecule has 0 N–H and O–H groups in total. The van der Waals surface area contributed by atoms with E-state index in [1.807, 2.05) is 78.9 Å². The number of anilines is 6. The molecule has 0 radical (unpaired) electrons. The van der Waals surface area contributed by atoms with Crippen molar-refractivity contribution in [2.75, 3.05) is 9.80 Å². The van der Waals surface area contributed by atoms with E-state index in [-0.39, 0.29) is 40.8 Å². The van der Waals surface area contributed by atoms with Crippen LogP contribution in [0.15, 0.2) is 236 Å². The summed E-state index contributed by atoms with van der Waals surface area (Å²) < 4.78 is 39.8. The van der Waals surface area contributed by atoms with Crippen LogP contribution in [0.5, 0.6) is 0 Å². The normalized spacial score (nSPS) is 13.5. The number of aromatic nitrogens is 1. The Bertz CT molecular complexity index is 3700. The zero-order valence-electron chi connectivity index (χ0n) is 39.5. The third-order valence-electron chi connectivity index (χ3n) is 13.0. The lowest BCUT2D eigenvalue weighted by atomic mass is 9.82. The summed E-state index contributed by atoms with van der Waals surface area (Å²) in [5, 5.41) is 4.28. The van der Waals surface area contributed by atoms with E-state index in [0.717, 1.165) is 55.9 Å². The maximum Gasteiger partial charge on any atom is 0.0645 e. The smallest absolute Gasteiger partial charge is 0.0645 e. The second-order valence-corrected chi connectivity index (χ2v) is 17.1. The highest BCUT2D eigenvalue weighted by atomic mass is 15.1. The van der Waals surface area contributed by atoms with Crippen LogP contribution in [0.3, 0.4) is 0 Å². The zero-order chi connectivity index (χ0) is 46.3. The molecule has 64 heavy (non-hydrogen) atoms. The summed E-state index contributed by atoms with van der Waals surface area (Å²) in [6.45, 7) is 4.63. The molecular weight excluding hydrogens is 775 g/mol. The number of benzene rings is 10. The Morgan fingerprint density at radius 1 is 0.375 bits per heavy atom. The highest BCUT2D eigenvalue weighted by Crippen LogP contribution is 2.51. The van der Waals surface area contributed by atoms with Gasteiger partial charge in [-0.3, -0.25) is 0 Å². The third-order valence-corrected chi connectivity index (χ3v) is 13.0. The van der Waals surface area contributed by atoms with Gasteiger partial charge in [-0.25, -0.2) is 0 Å². The molecule has 0 saturated heterocycles. The van der Waals surface area contributed by atoms with Gasteiger partial charge in [0.2, 0.25) is 0 Å². The van der Waals surface area contributed by atoms with E-state index in [0.29, 0.717) is 5.56 Å². The predicted octanol–water partition coefficient (Wildman–Crippen LogP) is 16.8. The summed E-state index contributed by atoms with van der Waals surface area (Å²) in [5.41, 5.74) is 13.9. The van der Waals surface area contributed by atoms with Crippen molar-refractivity contribution < 1.29 is 5.48 Å². The Morgan fingerprint density at radius 3 is 1.69 bits per heavy atom. The monoisotopic (exact) mass is 823 g/mol. The maximum absolute atomic E-state index is 9.38. The minimum absolute atomic E-state index is 0.0926. The Hall–Kier alpha value is -8.14. The molecule has 10 aromatic carbocycles. The number of fused-ring (bicyclic) bond motifs is 7. The molecule has 3 heteroatoms. The number of rotatable bonds is 8. The van der Waals surface area contributed by atoms with Gasteiger partial charge in [0.25, 0.3) is 0 Å². The number of hydrogen-bond acceptors (Lipinski definition) is 2. The molecule has 0 atom stereocenters. The first kappa shape index (κ1) is 33.5. The van der Waals surface area contributed by atoms with Gasteiger partial charge in [-0.2, -0.15) is 0 Å². The van der Waals surface area contributed by atoms with Crippen LogP contribution in [0.25, 0.3) is 60.5 Å². The van der Waals surface area contributed by atoms with Crippen LogP contribution >= 0.6 is 0 Å². The molecule has 0 spiro atoms. The van der Waals surface area contributed by atoms with Crippen LogP contribution in [-0.4, -0.2) is 4.57 Å². The molecule has 1 aromatic heterocycles. The molecule has 0 saturated carbocycles. The van der Waals surface area contributed by atoms with Crippen molar-refractivity contribution in [1.82, 2.24) is 4.57 Å². The van der Waals surface area contributed by atoms with Crippen molar-refractivity contribution in [3.63, 3.8) is 0 Å². The van der Waals surface area contributed by atoms with E-state index in [1.165, 1.54) is 33.0 Å². The molecule has 12 rings (SSSR count). The average Bonchev–Trinajstić information content (AvgIpc) is 3.83. The van der Waals surface area contributed by atoms with Gasteiger partial charge in [-0.15, -0.1) is 0 Å². The fraction of sp³-hybridized carbons (Fsp3) is 0.0492. The van der Waals surface area contributed by atoms with E-state index in [4.69, 9.17) is 0 Å². The zero-order valence-corrected chi connectivity index (χ0v) is 35.5. The van der Waals surface area contributed by atoms with Crippen molar-refractivity contribution >= 4 is 66.7 Å². The van der Waals surface area contributed by atoms with E-state index in [1.54, 1.807) is 4.90 Å². The van der Waals surface area contributed by atoms with Crippen molar-refractivity contribution in [3.8, 4) is 27.9 Å². The van der Waals surface area contributed by atoms with Gasteiger partial charge in [0.1, 0.15) is 0 Å². The van der Waals surface area contributed by atoms with Gasteiger partial charge in [0.05, 0.1) is 16.5 Å². The molecule has 1 heterocycles. The van der Waals surface area contributed by atoms with Crippen LogP contribution in [0.4, 0.5) is 34.1 Å². The number of nitrogens with zero attached hydrogens (tertiary/aromatic N) is 3. The lowest BCUT2D eigenvalue weighted by Crippen LogP contribution is -2.16. The van der Waals surface area contributed by atoms with Gasteiger partial charge in [0, 0.05) is 56.0 Å². The molecule has 0 bridgehead atoms. The highest BCUT2D eigenvalue weighted by molar-refractivity contribution is 6.10. The number of hydrogen-bond donors (Lipinski definition) is 0. The molecule has 11 aromatic rings. The molecule has 0 amide bonds. The maximum atomic E-state index is 9.38. The van der Waals surface area contributed by atoms with Gasteiger partial charge in [-0.1, -0.05) is 153 Å². The first-order chi connectivity index (χ1) is 33.2. The summed E-state index contributed by atoms with van der Waals surface area (Å²) in [5.74, 6) is 0. The summed E-state index contributed by atoms with van der Waals surface area (Å²) in [6.07, 6.45) is 0. The molecule has 0 fully saturated rings. The predicted molar refractivity (Wildman–Crippen MR) is 271 cm³/mol. The summed E-state index contributed by atoms with van der Waals surface area (Å²) in [7, 11) is 0. The highest BCUT2D eigenvalue weighted by Gasteiger charge is 2.36. The van der Waals surface area contributed by atoms with Gasteiger partial charge >= 0.3 is 0 Å². The van der Waals surface area contributed by atoms with Crippen LogP contribution < -0.4 is 9.80 Å². The van der Waals surface area contributed by atoms with Gasteiger partial charge < -0.3 is 14.4 Å². The Balaban J connectivity index is 1.00. The molecule has 304 valence electrons. The van der Waals surface area contributed by atoms with E-state index < -0.39 is 0 Å². The first-order valence-corrected chi connectivity index (χ1v) is 21.9. The Kier molecular flexibility index (Phi) is 7.87. The summed E-state index contributed by atoms with van der Waals surface area (Å²) >= 11 is 0. The average molecular weight is 824 g/mol. The van der Waals surface area contributed by atoms with Gasteiger partial charge in [-0.05, 0) is 141 Å². The van der Waals surface area contributed by atoms with Crippen molar-refractivity contribution in [3.05, 3.63) is 248 Å². The van der Waals surface area contributed by atoms with Crippen LogP contribution in [-0.2, 0) is 5.41 Å². The van der Waals surface area contributed by atoms with Crippen molar-refractivity contribution in [2.24, 2.45) is 0 Å². The van der Waals surface area contributed by atoms with Crippen molar-refractivity contribution in [2.45, 2.75) is 19.3 Å². The summed E-state index contributed by atoms with van der Waals surface area (Å²) in [4.78, 5) is 4.16. The molecule has 0 unspecified atom stereocenters. The molecule has 0 aliphatic heterocycles.